The van der Waals surface area contributed by atoms with Crippen molar-refractivity contribution in [3.8, 4) is 0 Å². The van der Waals surface area contributed by atoms with Crippen LogP contribution in [0.1, 0.15) is 39.3 Å². The zero-order valence-corrected chi connectivity index (χ0v) is 14.7. The molecule has 0 bridgehead atoms. The van der Waals surface area contributed by atoms with Crippen LogP contribution >= 0.6 is 0 Å². The summed E-state index contributed by atoms with van der Waals surface area (Å²) in [6, 6.07) is 1.91. The lowest BCUT2D eigenvalue weighted by atomic mass is 10.1. The fourth-order valence-electron chi connectivity index (χ4n) is 2.20. The quantitative estimate of drug-likeness (QED) is 0.547. The van der Waals surface area contributed by atoms with Gasteiger partial charge in [-0.25, -0.2) is 9.97 Å². The topological polar surface area (TPSA) is 37.8 Å². The van der Waals surface area contributed by atoms with Gasteiger partial charge in [0.1, 0.15) is 0 Å². The summed E-state index contributed by atoms with van der Waals surface area (Å²) in [4.78, 5) is 8.94. The van der Waals surface area contributed by atoms with Gasteiger partial charge in [-0.05, 0) is 57.4 Å². The molecule has 0 atom stereocenters. The van der Waals surface area contributed by atoms with Crippen molar-refractivity contribution in [1.82, 2.24) is 9.97 Å². The van der Waals surface area contributed by atoms with E-state index in [-0.39, 0.29) is 0 Å². The molecule has 1 heterocycles. The standard InChI is InChI=1S/C21H25N3/c1-5-16(3)10-12-18(6-2)20-14-15-22-21(24-20)23-19-9-7-8-17(4)11-13-19/h5-7,9,11-15H,2,8,10H2,1,3-4H3,(H,22,23,24)/b16-5?,18-12+. The number of rotatable bonds is 6. The second-order valence-electron chi connectivity index (χ2n) is 5.83. The summed E-state index contributed by atoms with van der Waals surface area (Å²) in [6.07, 6.45) is 18.1. The first-order chi connectivity index (χ1) is 11.6. The van der Waals surface area contributed by atoms with E-state index in [0.717, 1.165) is 29.8 Å². The molecule has 24 heavy (non-hydrogen) atoms. The molecule has 1 aromatic heterocycles. The third-order valence-corrected chi connectivity index (χ3v) is 3.85. The summed E-state index contributed by atoms with van der Waals surface area (Å²) in [6.45, 7) is 10.2. The number of hydrogen-bond donors (Lipinski definition) is 1. The number of nitrogens with one attached hydrogen (secondary N) is 1. The molecule has 0 unspecified atom stereocenters. The number of allylic oxidation sites excluding steroid dienone is 10. The maximum atomic E-state index is 4.61. The summed E-state index contributed by atoms with van der Waals surface area (Å²) >= 11 is 0. The van der Waals surface area contributed by atoms with Crippen molar-refractivity contribution in [2.75, 3.05) is 5.32 Å². The third-order valence-electron chi connectivity index (χ3n) is 3.85. The van der Waals surface area contributed by atoms with Crippen molar-refractivity contribution in [3.05, 3.63) is 83.9 Å². The first-order valence-electron chi connectivity index (χ1n) is 8.21. The van der Waals surface area contributed by atoms with Crippen LogP contribution in [0.15, 0.2) is 78.2 Å². The highest BCUT2D eigenvalue weighted by Gasteiger charge is 2.04. The molecule has 2 rings (SSSR count). The van der Waals surface area contributed by atoms with E-state index in [1.54, 1.807) is 6.20 Å². The van der Waals surface area contributed by atoms with Crippen molar-refractivity contribution in [2.24, 2.45) is 0 Å². The smallest absolute Gasteiger partial charge is 0.227 e. The summed E-state index contributed by atoms with van der Waals surface area (Å²) < 4.78 is 0. The maximum Gasteiger partial charge on any atom is 0.227 e. The van der Waals surface area contributed by atoms with Gasteiger partial charge in [-0.2, -0.15) is 0 Å². The second-order valence-corrected chi connectivity index (χ2v) is 5.83. The van der Waals surface area contributed by atoms with Crippen LogP contribution in [-0.2, 0) is 0 Å². The Morgan fingerprint density at radius 2 is 2.21 bits per heavy atom. The van der Waals surface area contributed by atoms with Gasteiger partial charge in [0.25, 0.3) is 0 Å². The van der Waals surface area contributed by atoms with Gasteiger partial charge in [0.15, 0.2) is 0 Å². The molecular weight excluding hydrogens is 294 g/mol. The Kier molecular flexibility index (Phi) is 6.50. The van der Waals surface area contributed by atoms with Crippen molar-refractivity contribution < 1.29 is 0 Å². The van der Waals surface area contributed by atoms with Crippen LogP contribution in [0.2, 0.25) is 0 Å². The lowest BCUT2D eigenvalue weighted by Gasteiger charge is -2.07. The predicted octanol–water partition coefficient (Wildman–Crippen LogP) is 5.60. The molecule has 1 aromatic rings. The van der Waals surface area contributed by atoms with E-state index < -0.39 is 0 Å². The van der Waals surface area contributed by atoms with Gasteiger partial charge in [-0.15, -0.1) is 0 Å². The van der Waals surface area contributed by atoms with Crippen LogP contribution in [0, 0.1) is 0 Å². The van der Waals surface area contributed by atoms with Crippen LogP contribution < -0.4 is 5.32 Å². The fourth-order valence-corrected chi connectivity index (χ4v) is 2.20. The molecule has 0 spiro atoms. The van der Waals surface area contributed by atoms with Crippen LogP contribution in [0.4, 0.5) is 5.95 Å². The minimum absolute atomic E-state index is 0.590. The molecule has 0 amide bonds. The molecule has 1 N–H and O–H groups in total. The predicted molar refractivity (Wildman–Crippen MR) is 103 cm³/mol. The first-order valence-corrected chi connectivity index (χ1v) is 8.21. The minimum Gasteiger partial charge on any atom is -0.324 e. The summed E-state index contributed by atoms with van der Waals surface area (Å²) in [5, 5.41) is 3.27. The maximum absolute atomic E-state index is 4.61. The van der Waals surface area contributed by atoms with Crippen LogP contribution in [-0.4, -0.2) is 9.97 Å². The van der Waals surface area contributed by atoms with Gasteiger partial charge >= 0.3 is 0 Å². The van der Waals surface area contributed by atoms with E-state index in [4.69, 9.17) is 0 Å². The van der Waals surface area contributed by atoms with Crippen LogP contribution in [0.25, 0.3) is 5.57 Å². The van der Waals surface area contributed by atoms with Crippen molar-refractivity contribution in [3.63, 3.8) is 0 Å². The molecular formula is C21H25N3. The number of aromatic nitrogens is 2. The zero-order valence-electron chi connectivity index (χ0n) is 14.7. The normalized spacial score (nSPS) is 15.5. The van der Waals surface area contributed by atoms with E-state index in [1.165, 1.54) is 11.1 Å². The van der Waals surface area contributed by atoms with Gasteiger partial charge in [0.05, 0.1) is 5.69 Å². The molecule has 3 nitrogen and oxygen atoms in total. The van der Waals surface area contributed by atoms with Gasteiger partial charge in [0.2, 0.25) is 5.95 Å². The lowest BCUT2D eigenvalue weighted by molar-refractivity contribution is 1.13. The van der Waals surface area contributed by atoms with Crippen molar-refractivity contribution in [2.45, 2.75) is 33.6 Å². The summed E-state index contributed by atoms with van der Waals surface area (Å²) in [7, 11) is 0. The number of hydrogen-bond acceptors (Lipinski definition) is 3. The third kappa shape index (κ3) is 5.20. The highest BCUT2D eigenvalue weighted by atomic mass is 15.1. The molecule has 0 radical (unpaired) electrons. The monoisotopic (exact) mass is 319 g/mol. The molecule has 0 aliphatic heterocycles. The van der Waals surface area contributed by atoms with Crippen molar-refractivity contribution in [1.29, 1.82) is 0 Å². The molecule has 1 aliphatic rings. The summed E-state index contributed by atoms with van der Waals surface area (Å²) in [5.74, 6) is 0.590. The van der Waals surface area contributed by atoms with E-state index in [9.17, 15) is 0 Å². The Balaban J connectivity index is 2.20. The Bertz CT molecular complexity index is 746. The van der Waals surface area contributed by atoms with Crippen LogP contribution in [0.5, 0.6) is 0 Å². The lowest BCUT2D eigenvalue weighted by Crippen LogP contribution is -2.03. The zero-order chi connectivity index (χ0) is 17.4. The van der Waals surface area contributed by atoms with Gasteiger partial charge in [-0.1, -0.05) is 48.1 Å². The van der Waals surface area contributed by atoms with Gasteiger partial charge in [0, 0.05) is 11.9 Å². The minimum atomic E-state index is 0.590. The highest BCUT2D eigenvalue weighted by molar-refractivity contribution is 5.71. The molecule has 0 saturated carbocycles. The molecule has 0 saturated heterocycles. The average molecular weight is 319 g/mol. The number of anilines is 1. The molecule has 1 aliphatic carbocycles. The number of nitrogens with zero attached hydrogens (tertiary/aromatic N) is 2. The SMILES string of the molecule is C=C/C(=C\CC(C)=CC)c1ccnc(NC2=CC=C(C)CC=C2)n1. The molecule has 0 fully saturated rings. The average Bonchev–Trinajstić information content (AvgIpc) is 2.80. The van der Waals surface area contributed by atoms with Gasteiger partial charge in [-0.3, -0.25) is 0 Å². The highest BCUT2D eigenvalue weighted by Crippen LogP contribution is 2.18. The Hall–Kier alpha value is -2.68. The van der Waals surface area contributed by atoms with E-state index in [0.29, 0.717) is 5.95 Å². The summed E-state index contributed by atoms with van der Waals surface area (Å²) in [5.41, 5.74) is 5.52. The van der Waals surface area contributed by atoms with E-state index in [2.05, 4.69) is 72.2 Å². The largest absolute Gasteiger partial charge is 0.324 e. The Labute approximate surface area is 144 Å². The Morgan fingerprint density at radius 3 is 2.96 bits per heavy atom. The molecule has 0 aromatic carbocycles. The second kappa shape index (κ2) is 8.82. The van der Waals surface area contributed by atoms with E-state index >= 15 is 0 Å². The molecule has 3 heteroatoms. The van der Waals surface area contributed by atoms with E-state index in [1.807, 2.05) is 19.1 Å². The van der Waals surface area contributed by atoms with Gasteiger partial charge < -0.3 is 5.32 Å². The molecule has 124 valence electrons. The Morgan fingerprint density at radius 1 is 1.38 bits per heavy atom. The van der Waals surface area contributed by atoms with Crippen molar-refractivity contribution >= 4 is 11.5 Å². The fraction of sp³-hybridized carbons (Fsp3) is 0.238. The first kappa shape index (κ1) is 17.7. The van der Waals surface area contributed by atoms with Crippen LogP contribution in [0.3, 0.4) is 0 Å².